The summed E-state index contributed by atoms with van der Waals surface area (Å²) in [5, 5.41) is 0. The number of halogens is 1. The fraction of sp³-hybridized carbons (Fsp3) is 0.294. The molecule has 25 heavy (non-hydrogen) atoms. The number of hydrogen-bond acceptors (Lipinski definition) is 5. The summed E-state index contributed by atoms with van der Waals surface area (Å²) >= 11 is 0. The van der Waals surface area contributed by atoms with Gasteiger partial charge in [-0.1, -0.05) is 6.07 Å². The fourth-order valence-corrected chi connectivity index (χ4v) is 3.55. The minimum absolute atomic E-state index is 0.0100. The molecule has 0 bridgehead atoms. The first kappa shape index (κ1) is 19.0. The number of sulfonamides is 1. The van der Waals surface area contributed by atoms with Gasteiger partial charge in [0.05, 0.1) is 26.2 Å². The van der Waals surface area contributed by atoms with Gasteiger partial charge in [-0.05, 0) is 30.3 Å². The lowest BCUT2D eigenvalue weighted by Gasteiger charge is -2.20. The highest BCUT2D eigenvalue weighted by Gasteiger charge is 2.24. The lowest BCUT2D eigenvalue weighted by Crippen LogP contribution is -2.26. The highest BCUT2D eigenvalue weighted by atomic mass is 32.2. The molecule has 8 heteroatoms. The number of benzene rings is 2. The van der Waals surface area contributed by atoms with Crippen LogP contribution in [0, 0.1) is 5.82 Å². The van der Waals surface area contributed by atoms with Crippen molar-refractivity contribution in [2.45, 2.75) is 11.4 Å². The summed E-state index contributed by atoms with van der Waals surface area (Å²) < 4.78 is 55.3. The standard InChI is InChI=1S/C17H20FNO5S/c1-19(25(20,21)14-8-6-13(18)7-9-14)11-12-5-10-15(22-2)17(24-4)16(12)23-3/h5-10H,11H2,1-4H3. The lowest BCUT2D eigenvalue weighted by atomic mass is 10.1. The Balaban J connectivity index is 2.37. The third-order valence-electron chi connectivity index (χ3n) is 3.70. The molecule has 0 radical (unpaired) electrons. The first-order valence-corrected chi connectivity index (χ1v) is 8.79. The predicted octanol–water partition coefficient (Wildman–Crippen LogP) is 2.67. The summed E-state index contributed by atoms with van der Waals surface area (Å²) in [6.07, 6.45) is 0. The van der Waals surface area contributed by atoms with Crippen LogP contribution in [0.3, 0.4) is 0 Å². The topological polar surface area (TPSA) is 65.1 Å². The van der Waals surface area contributed by atoms with Crippen LogP contribution >= 0.6 is 0 Å². The summed E-state index contributed by atoms with van der Waals surface area (Å²) in [4.78, 5) is 0.0100. The minimum Gasteiger partial charge on any atom is -0.493 e. The molecule has 0 heterocycles. The van der Waals surface area contributed by atoms with Gasteiger partial charge in [-0.15, -0.1) is 0 Å². The van der Waals surface area contributed by atoms with Crippen molar-refractivity contribution in [2.75, 3.05) is 28.4 Å². The molecule has 0 saturated carbocycles. The summed E-state index contributed by atoms with van der Waals surface area (Å²) in [6, 6.07) is 8.06. The van der Waals surface area contributed by atoms with Crippen molar-refractivity contribution < 1.29 is 27.0 Å². The molecule has 0 aliphatic heterocycles. The molecule has 2 aromatic carbocycles. The third-order valence-corrected chi connectivity index (χ3v) is 5.52. The zero-order valence-electron chi connectivity index (χ0n) is 14.4. The van der Waals surface area contributed by atoms with Gasteiger partial charge in [-0.25, -0.2) is 12.8 Å². The molecule has 2 aromatic rings. The van der Waals surface area contributed by atoms with Crippen LogP contribution in [0.1, 0.15) is 5.56 Å². The molecule has 0 fully saturated rings. The maximum absolute atomic E-state index is 13.0. The smallest absolute Gasteiger partial charge is 0.243 e. The SMILES string of the molecule is COc1ccc(CN(C)S(=O)(=O)c2ccc(F)cc2)c(OC)c1OC. The molecule has 136 valence electrons. The molecular weight excluding hydrogens is 349 g/mol. The van der Waals surface area contributed by atoms with Gasteiger partial charge < -0.3 is 14.2 Å². The molecule has 2 rings (SSSR count). The van der Waals surface area contributed by atoms with Gasteiger partial charge in [0.1, 0.15) is 5.82 Å². The number of nitrogens with zero attached hydrogens (tertiary/aromatic N) is 1. The molecule has 0 saturated heterocycles. The average molecular weight is 369 g/mol. The van der Waals surface area contributed by atoms with E-state index in [4.69, 9.17) is 14.2 Å². The average Bonchev–Trinajstić information content (AvgIpc) is 2.61. The second-order valence-corrected chi connectivity index (χ2v) is 7.25. The summed E-state index contributed by atoms with van der Waals surface area (Å²) in [5.74, 6) is 0.758. The van der Waals surface area contributed by atoms with Gasteiger partial charge >= 0.3 is 0 Å². The van der Waals surface area contributed by atoms with Gasteiger partial charge in [0.15, 0.2) is 11.5 Å². The molecule has 6 nitrogen and oxygen atoms in total. The van der Waals surface area contributed by atoms with Gasteiger partial charge in [-0.2, -0.15) is 4.31 Å². The Morgan fingerprint density at radius 1 is 0.920 bits per heavy atom. The van der Waals surface area contributed by atoms with E-state index in [9.17, 15) is 12.8 Å². The Morgan fingerprint density at radius 2 is 1.52 bits per heavy atom. The van der Waals surface area contributed by atoms with Gasteiger partial charge in [0.25, 0.3) is 0 Å². The van der Waals surface area contributed by atoms with Crippen molar-refractivity contribution in [3.63, 3.8) is 0 Å². The summed E-state index contributed by atoms with van der Waals surface area (Å²) in [7, 11) is 2.11. The van der Waals surface area contributed by atoms with E-state index in [0.29, 0.717) is 22.8 Å². The van der Waals surface area contributed by atoms with Gasteiger partial charge in [0, 0.05) is 19.2 Å². The highest BCUT2D eigenvalue weighted by Crippen LogP contribution is 2.40. The monoisotopic (exact) mass is 369 g/mol. The predicted molar refractivity (Wildman–Crippen MR) is 91.2 cm³/mol. The van der Waals surface area contributed by atoms with Crippen LogP contribution in [0.4, 0.5) is 4.39 Å². The Kier molecular flexibility index (Phi) is 5.86. The molecule has 0 N–H and O–H groups in total. The zero-order chi connectivity index (χ0) is 18.6. The van der Waals surface area contributed by atoms with Crippen molar-refractivity contribution in [2.24, 2.45) is 0 Å². The zero-order valence-corrected chi connectivity index (χ0v) is 15.3. The Hall–Kier alpha value is -2.32. The van der Waals surface area contributed by atoms with Crippen molar-refractivity contribution in [3.05, 3.63) is 47.8 Å². The number of ether oxygens (including phenoxy) is 3. The lowest BCUT2D eigenvalue weighted by molar-refractivity contribution is 0.319. The first-order chi connectivity index (χ1) is 11.8. The molecule has 0 amide bonds. The van der Waals surface area contributed by atoms with Gasteiger partial charge in [0.2, 0.25) is 15.8 Å². The van der Waals surface area contributed by atoms with Crippen LogP contribution in [0.25, 0.3) is 0 Å². The van der Waals surface area contributed by atoms with E-state index in [1.165, 1.54) is 40.5 Å². The van der Waals surface area contributed by atoms with E-state index in [-0.39, 0.29) is 11.4 Å². The Labute approximate surface area is 146 Å². The van der Waals surface area contributed by atoms with E-state index in [1.807, 2.05) is 0 Å². The minimum atomic E-state index is -3.78. The molecule has 0 spiro atoms. The summed E-state index contributed by atoms with van der Waals surface area (Å²) in [6.45, 7) is 0.0449. The van der Waals surface area contributed by atoms with Crippen LogP contribution in [-0.4, -0.2) is 41.1 Å². The van der Waals surface area contributed by atoms with Crippen LogP contribution in [-0.2, 0) is 16.6 Å². The second-order valence-electron chi connectivity index (χ2n) is 5.21. The van der Waals surface area contributed by atoms with Gasteiger partial charge in [-0.3, -0.25) is 0 Å². The van der Waals surface area contributed by atoms with Crippen molar-refractivity contribution >= 4 is 10.0 Å². The first-order valence-electron chi connectivity index (χ1n) is 7.35. The fourth-order valence-electron chi connectivity index (χ4n) is 2.40. The van der Waals surface area contributed by atoms with E-state index in [1.54, 1.807) is 12.1 Å². The normalized spacial score (nSPS) is 11.4. The van der Waals surface area contributed by atoms with Crippen molar-refractivity contribution in [1.82, 2.24) is 4.31 Å². The molecule has 0 aliphatic rings. The molecular formula is C17H20FNO5S. The van der Waals surface area contributed by atoms with E-state index < -0.39 is 15.8 Å². The quantitative estimate of drug-likeness (QED) is 0.751. The van der Waals surface area contributed by atoms with E-state index in [0.717, 1.165) is 16.4 Å². The van der Waals surface area contributed by atoms with Crippen LogP contribution in [0.15, 0.2) is 41.3 Å². The maximum atomic E-state index is 13.0. The third kappa shape index (κ3) is 3.85. The van der Waals surface area contributed by atoms with Crippen molar-refractivity contribution in [1.29, 1.82) is 0 Å². The van der Waals surface area contributed by atoms with Crippen LogP contribution in [0.2, 0.25) is 0 Å². The Morgan fingerprint density at radius 3 is 2.04 bits per heavy atom. The van der Waals surface area contributed by atoms with Crippen LogP contribution in [0.5, 0.6) is 17.2 Å². The van der Waals surface area contributed by atoms with E-state index >= 15 is 0 Å². The van der Waals surface area contributed by atoms with E-state index in [2.05, 4.69) is 0 Å². The largest absolute Gasteiger partial charge is 0.493 e. The van der Waals surface area contributed by atoms with Crippen molar-refractivity contribution in [3.8, 4) is 17.2 Å². The molecule has 0 atom stereocenters. The maximum Gasteiger partial charge on any atom is 0.243 e. The Bertz CT molecular complexity index is 837. The second kappa shape index (κ2) is 7.71. The molecule has 0 aromatic heterocycles. The molecule has 0 unspecified atom stereocenters. The number of hydrogen-bond donors (Lipinski definition) is 0. The summed E-state index contributed by atoms with van der Waals surface area (Å²) in [5.41, 5.74) is 0.605. The molecule has 0 aliphatic carbocycles. The number of methoxy groups -OCH3 is 3. The highest BCUT2D eigenvalue weighted by molar-refractivity contribution is 7.89. The van der Waals surface area contributed by atoms with Crippen LogP contribution < -0.4 is 14.2 Å². The number of rotatable bonds is 7.